The highest BCUT2D eigenvalue weighted by Gasteiger charge is 2.26. The molecule has 0 spiro atoms. The molecule has 1 amide bonds. The van der Waals surface area contributed by atoms with Crippen LogP contribution in [0.2, 0.25) is 0 Å². The molecule has 2 N–H and O–H groups in total. The van der Waals surface area contributed by atoms with Gasteiger partial charge in [-0.1, -0.05) is 6.92 Å². The van der Waals surface area contributed by atoms with E-state index in [1.165, 1.54) is 19.2 Å². The van der Waals surface area contributed by atoms with Crippen molar-refractivity contribution in [1.82, 2.24) is 14.9 Å². The van der Waals surface area contributed by atoms with Gasteiger partial charge < -0.3 is 15.0 Å². The molecule has 7 nitrogen and oxygen atoms in total. The van der Waals surface area contributed by atoms with Gasteiger partial charge >= 0.3 is 0 Å². The third-order valence-electron chi connectivity index (χ3n) is 4.21. The first-order valence-corrected chi connectivity index (χ1v) is 10.1. The average Bonchev–Trinajstić information content (AvgIpc) is 3.13. The summed E-state index contributed by atoms with van der Waals surface area (Å²) in [6.45, 7) is 4.98. The van der Waals surface area contributed by atoms with Crippen molar-refractivity contribution in [2.45, 2.75) is 30.7 Å². The van der Waals surface area contributed by atoms with Crippen molar-refractivity contribution in [3.8, 4) is 0 Å². The molecule has 1 atom stereocenters. The fourth-order valence-electron chi connectivity index (χ4n) is 2.90. The first-order valence-electron chi connectivity index (χ1n) is 8.60. The maximum atomic E-state index is 12.8. The third kappa shape index (κ3) is 5.24. The highest BCUT2D eigenvalue weighted by Crippen LogP contribution is 2.16. The van der Waals surface area contributed by atoms with Crippen LogP contribution in [0, 0.1) is 0 Å². The van der Waals surface area contributed by atoms with E-state index in [0.717, 1.165) is 25.9 Å². The molecule has 1 saturated heterocycles. The van der Waals surface area contributed by atoms with Gasteiger partial charge in [-0.25, -0.2) is 13.1 Å². The molecular formula is C17H27N3O4S. The van der Waals surface area contributed by atoms with Crippen LogP contribution >= 0.6 is 0 Å². The summed E-state index contributed by atoms with van der Waals surface area (Å²) >= 11 is 0. The Kier molecular flexibility index (Phi) is 7.37. The van der Waals surface area contributed by atoms with E-state index >= 15 is 0 Å². The molecule has 1 aliphatic rings. The molecule has 1 fully saturated rings. The summed E-state index contributed by atoms with van der Waals surface area (Å²) in [5.41, 5.74) is 0.510. The second-order valence-corrected chi connectivity index (χ2v) is 7.83. The smallest absolute Gasteiger partial charge is 0.254 e. The van der Waals surface area contributed by atoms with E-state index in [2.05, 4.69) is 10.0 Å². The fraction of sp³-hybridized carbons (Fsp3) is 0.588. The zero-order chi connectivity index (χ0) is 18.3. The summed E-state index contributed by atoms with van der Waals surface area (Å²) in [6.07, 6.45) is 1.83. The van der Waals surface area contributed by atoms with E-state index in [4.69, 9.17) is 4.74 Å². The SMILES string of the molecule is CCCN(C(=O)c1ccc(S(=O)(=O)NCCOC)cc1)C1CCNC1. The van der Waals surface area contributed by atoms with Crippen LogP contribution in [0.5, 0.6) is 0 Å². The molecule has 1 unspecified atom stereocenters. The van der Waals surface area contributed by atoms with Crippen LogP contribution in [-0.2, 0) is 14.8 Å². The molecule has 1 aromatic rings. The predicted octanol–water partition coefficient (Wildman–Crippen LogP) is 0.825. The number of hydrogen-bond donors (Lipinski definition) is 2. The van der Waals surface area contributed by atoms with Crippen LogP contribution in [0.15, 0.2) is 29.2 Å². The maximum Gasteiger partial charge on any atom is 0.254 e. The Labute approximate surface area is 149 Å². The Hall–Kier alpha value is -1.48. The summed E-state index contributed by atoms with van der Waals surface area (Å²) in [6, 6.07) is 6.31. The monoisotopic (exact) mass is 369 g/mol. The lowest BCUT2D eigenvalue weighted by Gasteiger charge is -2.28. The summed E-state index contributed by atoms with van der Waals surface area (Å²) in [7, 11) is -2.08. The van der Waals surface area contributed by atoms with Crippen molar-refractivity contribution >= 4 is 15.9 Å². The van der Waals surface area contributed by atoms with E-state index in [1.807, 2.05) is 11.8 Å². The average molecular weight is 369 g/mol. The minimum atomic E-state index is -3.59. The lowest BCUT2D eigenvalue weighted by Crippen LogP contribution is -2.42. The fourth-order valence-corrected chi connectivity index (χ4v) is 3.91. The molecule has 1 aromatic carbocycles. The van der Waals surface area contributed by atoms with E-state index in [-0.39, 0.29) is 23.4 Å². The number of nitrogens with one attached hydrogen (secondary N) is 2. The highest BCUT2D eigenvalue weighted by atomic mass is 32.2. The van der Waals surface area contributed by atoms with Crippen molar-refractivity contribution in [1.29, 1.82) is 0 Å². The molecule has 0 bridgehead atoms. The van der Waals surface area contributed by atoms with E-state index in [0.29, 0.717) is 18.7 Å². The number of methoxy groups -OCH3 is 1. The van der Waals surface area contributed by atoms with Gasteiger partial charge in [0.15, 0.2) is 0 Å². The number of sulfonamides is 1. The van der Waals surface area contributed by atoms with E-state index in [9.17, 15) is 13.2 Å². The van der Waals surface area contributed by atoms with Gasteiger partial charge in [0, 0.05) is 38.3 Å². The number of nitrogens with zero attached hydrogens (tertiary/aromatic N) is 1. The van der Waals surface area contributed by atoms with Crippen molar-refractivity contribution in [3.05, 3.63) is 29.8 Å². The van der Waals surface area contributed by atoms with Gasteiger partial charge in [-0.3, -0.25) is 4.79 Å². The van der Waals surface area contributed by atoms with Crippen LogP contribution < -0.4 is 10.0 Å². The molecule has 140 valence electrons. The summed E-state index contributed by atoms with van der Waals surface area (Å²) in [5.74, 6) is -0.0492. The van der Waals surface area contributed by atoms with E-state index in [1.54, 1.807) is 12.1 Å². The number of ether oxygens (including phenoxy) is 1. The largest absolute Gasteiger partial charge is 0.383 e. The molecule has 2 rings (SSSR count). The first-order chi connectivity index (χ1) is 12.0. The Bertz CT molecular complexity index is 655. The summed E-state index contributed by atoms with van der Waals surface area (Å²) < 4.78 is 31.6. The van der Waals surface area contributed by atoms with Crippen LogP contribution in [0.4, 0.5) is 0 Å². The molecule has 1 heterocycles. The number of carbonyl (C=O) groups is 1. The normalized spacial score (nSPS) is 17.6. The second-order valence-electron chi connectivity index (χ2n) is 6.06. The number of amides is 1. The highest BCUT2D eigenvalue weighted by molar-refractivity contribution is 7.89. The van der Waals surface area contributed by atoms with Gasteiger partial charge in [0.25, 0.3) is 5.91 Å². The quantitative estimate of drug-likeness (QED) is 0.630. The van der Waals surface area contributed by atoms with Gasteiger partial charge in [0.1, 0.15) is 0 Å². The van der Waals surface area contributed by atoms with Crippen molar-refractivity contribution in [2.24, 2.45) is 0 Å². The van der Waals surface area contributed by atoms with Crippen LogP contribution in [0.1, 0.15) is 30.1 Å². The van der Waals surface area contributed by atoms with Crippen LogP contribution in [-0.4, -0.2) is 65.2 Å². The van der Waals surface area contributed by atoms with Gasteiger partial charge in [-0.15, -0.1) is 0 Å². The predicted molar refractivity (Wildman–Crippen MR) is 96.1 cm³/mol. The molecule has 0 aliphatic carbocycles. The maximum absolute atomic E-state index is 12.8. The first kappa shape index (κ1) is 19.8. The van der Waals surface area contributed by atoms with Crippen LogP contribution in [0.25, 0.3) is 0 Å². The minimum absolute atomic E-state index is 0.0492. The van der Waals surface area contributed by atoms with Crippen molar-refractivity contribution < 1.29 is 17.9 Å². The van der Waals surface area contributed by atoms with Gasteiger partial charge in [-0.2, -0.15) is 0 Å². The van der Waals surface area contributed by atoms with Gasteiger partial charge in [0.2, 0.25) is 10.0 Å². The number of rotatable bonds is 9. The summed E-state index contributed by atoms with van der Waals surface area (Å²) in [5, 5.41) is 3.28. The Balaban J connectivity index is 2.10. The van der Waals surface area contributed by atoms with E-state index < -0.39 is 10.0 Å². The number of benzene rings is 1. The van der Waals surface area contributed by atoms with Gasteiger partial charge in [0.05, 0.1) is 11.5 Å². The summed E-state index contributed by atoms with van der Waals surface area (Å²) in [4.78, 5) is 14.8. The molecular weight excluding hydrogens is 342 g/mol. The number of carbonyl (C=O) groups excluding carboxylic acids is 1. The molecule has 0 radical (unpaired) electrons. The topological polar surface area (TPSA) is 87.7 Å². The molecule has 0 saturated carbocycles. The number of hydrogen-bond acceptors (Lipinski definition) is 5. The molecule has 1 aliphatic heterocycles. The standard InChI is InChI=1S/C17H27N3O4S/c1-3-11-20(15-8-9-18-13-15)17(21)14-4-6-16(7-5-14)25(22,23)19-10-12-24-2/h4-7,15,18-19H,3,8-13H2,1-2H3. The molecule has 25 heavy (non-hydrogen) atoms. The third-order valence-corrected chi connectivity index (χ3v) is 5.69. The Morgan fingerprint density at radius 1 is 1.36 bits per heavy atom. The lowest BCUT2D eigenvalue weighted by molar-refractivity contribution is 0.0692. The molecule has 8 heteroatoms. The Morgan fingerprint density at radius 3 is 2.64 bits per heavy atom. The zero-order valence-electron chi connectivity index (χ0n) is 14.8. The lowest BCUT2D eigenvalue weighted by atomic mass is 10.1. The second kappa shape index (κ2) is 9.28. The van der Waals surface area contributed by atoms with Crippen molar-refractivity contribution in [2.75, 3.05) is 39.9 Å². The molecule has 0 aromatic heterocycles. The van der Waals surface area contributed by atoms with Gasteiger partial charge in [-0.05, 0) is 43.7 Å². The van der Waals surface area contributed by atoms with Crippen LogP contribution in [0.3, 0.4) is 0 Å². The minimum Gasteiger partial charge on any atom is -0.383 e. The Morgan fingerprint density at radius 2 is 2.08 bits per heavy atom. The zero-order valence-corrected chi connectivity index (χ0v) is 15.6. The van der Waals surface area contributed by atoms with Crippen molar-refractivity contribution in [3.63, 3.8) is 0 Å².